The van der Waals surface area contributed by atoms with E-state index in [0.29, 0.717) is 19.5 Å². The van der Waals surface area contributed by atoms with E-state index >= 15 is 0 Å². The monoisotopic (exact) mass is 154 g/mol. The van der Waals surface area contributed by atoms with Crippen molar-refractivity contribution in [3.63, 3.8) is 0 Å². The van der Waals surface area contributed by atoms with Crippen molar-refractivity contribution in [2.75, 3.05) is 13.1 Å². The summed E-state index contributed by atoms with van der Waals surface area (Å²) in [6, 6.07) is 0. The molecular formula is C8H12NO2. The maximum absolute atomic E-state index is 11.0. The predicted octanol–water partition coefficient (Wildman–Crippen LogP) is -0.0301. The second-order valence-corrected chi connectivity index (χ2v) is 2.58. The van der Waals surface area contributed by atoms with Crippen LogP contribution in [0.3, 0.4) is 0 Å². The molecule has 0 saturated carbocycles. The minimum atomic E-state index is -0.344. The number of hydrogen-bond acceptors (Lipinski definition) is 2. The van der Waals surface area contributed by atoms with Crippen LogP contribution in [0.5, 0.6) is 0 Å². The summed E-state index contributed by atoms with van der Waals surface area (Å²) in [5.41, 5.74) is 0. The van der Waals surface area contributed by atoms with Crippen LogP contribution in [0.1, 0.15) is 6.42 Å². The molecule has 1 saturated heterocycles. The molecule has 11 heavy (non-hydrogen) atoms. The Labute approximate surface area is 66.3 Å². The van der Waals surface area contributed by atoms with Gasteiger partial charge in [-0.05, 0) is 12.5 Å². The maximum Gasteiger partial charge on any atom is 0.245 e. The van der Waals surface area contributed by atoms with Gasteiger partial charge in [0.05, 0.1) is 6.10 Å². The molecule has 1 unspecified atom stereocenters. The Balaban J connectivity index is 2.38. The van der Waals surface area contributed by atoms with Crippen molar-refractivity contribution in [3.05, 3.63) is 19.1 Å². The number of likely N-dealkylation sites (tertiary alicyclic amines) is 1. The van der Waals surface area contributed by atoms with Crippen LogP contribution >= 0.6 is 0 Å². The van der Waals surface area contributed by atoms with Crippen molar-refractivity contribution < 1.29 is 9.90 Å². The number of carbonyl (C=O) groups is 1. The number of rotatable bonds is 1. The average molecular weight is 154 g/mol. The average Bonchev–Trinajstić information content (AvgIpc) is 2.05. The van der Waals surface area contributed by atoms with Crippen molar-refractivity contribution in [1.82, 2.24) is 4.90 Å². The number of nitrogens with zero attached hydrogens (tertiary/aromatic N) is 1. The van der Waals surface area contributed by atoms with Gasteiger partial charge in [-0.1, -0.05) is 6.58 Å². The molecule has 1 atom stereocenters. The third kappa shape index (κ3) is 2.05. The molecule has 0 aliphatic carbocycles. The first-order valence-corrected chi connectivity index (χ1v) is 3.67. The lowest BCUT2D eigenvalue weighted by molar-refractivity contribution is -0.126. The summed E-state index contributed by atoms with van der Waals surface area (Å²) in [4.78, 5) is 12.6. The predicted molar refractivity (Wildman–Crippen MR) is 41.7 cm³/mol. The van der Waals surface area contributed by atoms with E-state index in [0.717, 1.165) is 0 Å². The van der Waals surface area contributed by atoms with E-state index in [2.05, 4.69) is 6.58 Å². The molecular weight excluding hydrogens is 142 g/mol. The number of aliphatic hydroxyl groups excluding tert-OH is 1. The Morgan fingerprint density at radius 3 is 3.00 bits per heavy atom. The highest BCUT2D eigenvalue weighted by atomic mass is 16.3. The number of piperidine rings is 1. The van der Waals surface area contributed by atoms with Gasteiger partial charge in [0.25, 0.3) is 0 Å². The van der Waals surface area contributed by atoms with Crippen molar-refractivity contribution in [3.8, 4) is 0 Å². The number of carbonyl (C=O) groups excluding carboxylic acids is 1. The van der Waals surface area contributed by atoms with Gasteiger partial charge < -0.3 is 10.0 Å². The second kappa shape index (κ2) is 3.53. The molecule has 1 N–H and O–H groups in total. The van der Waals surface area contributed by atoms with Gasteiger partial charge >= 0.3 is 0 Å². The summed E-state index contributed by atoms with van der Waals surface area (Å²) in [6.45, 7) is 4.55. The second-order valence-electron chi connectivity index (χ2n) is 2.58. The lowest BCUT2D eigenvalue weighted by Gasteiger charge is -2.28. The van der Waals surface area contributed by atoms with Gasteiger partial charge in [0, 0.05) is 19.5 Å². The highest BCUT2D eigenvalue weighted by molar-refractivity contribution is 5.87. The van der Waals surface area contributed by atoms with E-state index in [4.69, 9.17) is 5.11 Å². The first kappa shape index (κ1) is 8.27. The molecule has 0 aromatic heterocycles. The van der Waals surface area contributed by atoms with Crippen LogP contribution in [0.4, 0.5) is 0 Å². The minimum absolute atomic E-state index is 0.0619. The van der Waals surface area contributed by atoms with Crippen molar-refractivity contribution >= 4 is 5.91 Å². The highest BCUT2D eigenvalue weighted by Gasteiger charge is 2.19. The van der Waals surface area contributed by atoms with Crippen molar-refractivity contribution in [1.29, 1.82) is 0 Å². The van der Waals surface area contributed by atoms with Crippen LogP contribution in [0.2, 0.25) is 0 Å². The standard InChI is InChI=1S/C8H12NO2/c1-2-8(11)9-5-3-7(10)4-6-9/h2-3,7,10H,1,4-6H2. The van der Waals surface area contributed by atoms with Gasteiger partial charge in [-0.2, -0.15) is 0 Å². The van der Waals surface area contributed by atoms with Gasteiger partial charge in [0.2, 0.25) is 5.91 Å². The van der Waals surface area contributed by atoms with E-state index < -0.39 is 0 Å². The normalized spacial score (nSPS) is 19.9. The summed E-state index contributed by atoms with van der Waals surface area (Å²) in [5, 5.41) is 9.06. The van der Waals surface area contributed by atoms with Crippen LogP contribution in [0.25, 0.3) is 0 Å². The molecule has 1 heterocycles. The van der Waals surface area contributed by atoms with Crippen molar-refractivity contribution in [2.24, 2.45) is 0 Å². The molecule has 3 heteroatoms. The molecule has 61 valence electrons. The zero-order valence-electron chi connectivity index (χ0n) is 6.36. The molecule has 1 aliphatic heterocycles. The zero-order chi connectivity index (χ0) is 8.27. The van der Waals surface area contributed by atoms with E-state index in [9.17, 15) is 4.79 Å². The molecule has 0 spiro atoms. The highest BCUT2D eigenvalue weighted by Crippen LogP contribution is 2.08. The molecule has 0 bridgehead atoms. The molecule has 1 rings (SSSR count). The van der Waals surface area contributed by atoms with Crippen LogP contribution in [0, 0.1) is 6.42 Å². The van der Waals surface area contributed by atoms with Gasteiger partial charge in [0.15, 0.2) is 0 Å². The topological polar surface area (TPSA) is 40.5 Å². The Kier molecular flexibility index (Phi) is 2.65. The molecule has 0 aromatic rings. The fraction of sp³-hybridized carbons (Fsp3) is 0.500. The van der Waals surface area contributed by atoms with Crippen LogP contribution in [-0.4, -0.2) is 35.1 Å². The molecule has 1 aliphatic rings. The lowest BCUT2D eigenvalue weighted by Crippen LogP contribution is -2.39. The van der Waals surface area contributed by atoms with Crippen LogP contribution < -0.4 is 0 Å². The largest absolute Gasteiger partial charge is 0.393 e. The van der Waals surface area contributed by atoms with E-state index in [1.165, 1.54) is 6.08 Å². The van der Waals surface area contributed by atoms with Crippen molar-refractivity contribution in [2.45, 2.75) is 12.5 Å². The van der Waals surface area contributed by atoms with Crippen LogP contribution in [-0.2, 0) is 4.79 Å². The minimum Gasteiger partial charge on any atom is -0.393 e. The number of aliphatic hydroxyl groups is 1. The fourth-order valence-electron chi connectivity index (χ4n) is 1.08. The van der Waals surface area contributed by atoms with E-state index in [1.54, 1.807) is 11.3 Å². The molecule has 1 radical (unpaired) electrons. The SMILES string of the molecule is C=CC(=O)N1C[CH]C(O)CC1. The van der Waals surface area contributed by atoms with Gasteiger partial charge in [-0.3, -0.25) is 4.79 Å². The summed E-state index contributed by atoms with van der Waals surface area (Å²) in [7, 11) is 0. The fourth-order valence-corrected chi connectivity index (χ4v) is 1.08. The number of hydrogen-bond donors (Lipinski definition) is 1. The molecule has 1 fully saturated rings. The third-order valence-electron chi connectivity index (χ3n) is 1.78. The zero-order valence-corrected chi connectivity index (χ0v) is 6.36. The van der Waals surface area contributed by atoms with E-state index in [1.807, 2.05) is 0 Å². The van der Waals surface area contributed by atoms with Gasteiger partial charge in [-0.25, -0.2) is 0 Å². The maximum atomic E-state index is 11.0. The first-order chi connectivity index (χ1) is 5.24. The van der Waals surface area contributed by atoms with E-state index in [-0.39, 0.29) is 12.0 Å². The Bertz CT molecular complexity index is 159. The summed E-state index contributed by atoms with van der Waals surface area (Å²) in [6.07, 6.45) is 3.32. The Morgan fingerprint density at radius 2 is 2.55 bits per heavy atom. The summed E-state index contributed by atoms with van der Waals surface area (Å²) in [5.74, 6) is -0.0619. The lowest BCUT2D eigenvalue weighted by atomic mass is 10.1. The third-order valence-corrected chi connectivity index (χ3v) is 1.78. The summed E-state index contributed by atoms with van der Waals surface area (Å²) < 4.78 is 0. The quantitative estimate of drug-likeness (QED) is 0.539. The Morgan fingerprint density at radius 1 is 1.82 bits per heavy atom. The molecule has 0 aromatic carbocycles. The number of amides is 1. The van der Waals surface area contributed by atoms with Gasteiger partial charge in [0.1, 0.15) is 0 Å². The van der Waals surface area contributed by atoms with Gasteiger partial charge in [-0.15, -0.1) is 0 Å². The molecule has 1 amide bonds. The molecule has 3 nitrogen and oxygen atoms in total. The Hall–Kier alpha value is -0.830. The first-order valence-electron chi connectivity index (χ1n) is 3.67. The van der Waals surface area contributed by atoms with Crippen LogP contribution in [0.15, 0.2) is 12.7 Å². The summed E-state index contributed by atoms with van der Waals surface area (Å²) >= 11 is 0. The smallest absolute Gasteiger partial charge is 0.245 e.